The molecule has 0 aliphatic carbocycles. The molecule has 0 saturated carbocycles. The van der Waals surface area contributed by atoms with E-state index in [1.807, 2.05) is 19.1 Å². The Kier molecular flexibility index (Phi) is 4.90. The molecule has 1 amide bonds. The SMILES string of the molecule is CCC1=C(c2ccc(OC)cc2)N(CC(=O)O)C(=O)CS1. The van der Waals surface area contributed by atoms with Crippen LogP contribution >= 0.6 is 11.8 Å². The van der Waals surface area contributed by atoms with Crippen LogP contribution in [0.5, 0.6) is 5.75 Å². The number of benzene rings is 1. The largest absolute Gasteiger partial charge is 0.497 e. The van der Waals surface area contributed by atoms with Gasteiger partial charge >= 0.3 is 5.97 Å². The van der Waals surface area contributed by atoms with Gasteiger partial charge in [0.2, 0.25) is 5.91 Å². The first-order valence-corrected chi connectivity index (χ1v) is 7.58. The van der Waals surface area contributed by atoms with Crippen molar-refractivity contribution in [2.45, 2.75) is 13.3 Å². The van der Waals surface area contributed by atoms with Gasteiger partial charge in [0.15, 0.2) is 0 Å². The number of hydrogen-bond acceptors (Lipinski definition) is 4. The summed E-state index contributed by atoms with van der Waals surface area (Å²) in [6.07, 6.45) is 0.759. The highest BCUT2D eigenvalue weighted by molar-refractivity contribution is 8.04. The molecule has 0 fully saturated rings. The molecule has 0 atom stereocenters. The molecule has 0 spiro atoms. The molecule has 0 bridgehead atoms. The highest BCUT2D eigenvalue weighted by atomic mass is 32.2. The second kappa shape index (κ2) is 6.67. The number of carbonyl (C=O) groups is 2. The van der Waals surface area contributed by atoms with Crippen molar-refractivity contribution in [3.8, 4) is 5.75 Å². The minimum Gasteiger partial charge on any atom is -0.497 e. The molecule has 0 unspecified atom stereocenters. The number of carbonyl (C=O) groups excluding carboxylic acids is 1. The fraction of sp³-hybridized carbons (Fsp3) is 0.333. The van der Waals surface area contributed by atoms with Gasteiger partial charge in [-0.3, -0.25) is 14.5 Å². The van der Waals surface area contributed by atoms with Gasteiger partial charge in [-0.15, -0.1) is 11.8 Å². The van der Waals surface area contributed by atoms with Gasteiger partial charge in [0.05, 0.1) is 18.6 Å². The summed E-state index contributed by atoms with van der Waals surface area (Å²) in [7, 11) is 1.59. The van der Waals surface area contributed by atoms with Gasteiger partial charge in [0, 0.05) is 4.91 Å². The van der Waals surface area contributed by atoms with Gasteiger partial charge in [-0.05, 0) is 36.2 Å². The topological polar surface area (TPSA) is 66.8 Å². The van der Waals surface area contributed by atoms with E-state index in [-0.39, 0.29) is 18.2 Å². The van der Waals surface area contributed by atoms with Crippen LogP contribution in [0.2, 0.25) is 0 Å². The second-order valence-corrected chi connectivity index (χ2v) is 5.59. The van der Waals surface area contributed by atoms with E-state index in [2.05, 4.69) is 0 Å². The van der Waals surface area contributed by atoms with E-state index >= 15 is 0 Å². The lowest BCUT2D eigenvalue weighted by Crippen LogP contribution is -2.38. The number of rotatable bonds is 5. The van der Waals surface area contributed by atoms with Crippen LogP contribution in [0.1, 0.15) is 18.9 Å². The zero-order valence-electron chi connectivity index (χ0n) is 12.0. The van der Waals surface area contributed by atoms with Crippen molar-refractivity contribution < 1.29 is 19.4 Å². The zero-order valence-corrected chi connectivity index (χ0v) is 12.8. The Morgan fingerprint density at radius 2 is 2.05 bits per heavy atom. The van der Waals surface area contributed by atoms with Gasteiger partial charge in [-0.2, -0.15) is 0 Å². The molecule has 1 aliphatic heterocycles. The molecule has 0 aromatic heterocycles. The maximum Gasteiger partial charge on any atom is 0.323 e. The van der Waals surface area contributed by atoms with Crippen LogP contribution in [0, 0.1) is 0 Å². The smallest absolute Gasteiger partial charge is 0.323 e. The molecule has 5 nitrogen and oxygen atoms in total. The Morgan fingerprint density at radius 1 is 1.38 bits per heavy atom. The van der Waals surface area contributed by atoms with Crippen LogP contribution in [0.15, 0.2) is 29.2 Å². The van der Waals surface area contributed by atoms with Crippen molar-refractivity contribution in [2.75, 3.05) is 19.4 Å². The third-order valence-electron chi connectivity index (χ3n) is 3.18. The molecule has 1 aromatic carbocycles. The summed E-state index contributed by atoms with van der Waals surface area (Å²) in [5.74, 6) is -0.185. The predicted octanol–water partition coefficient (Wildman–Crippen LogP) is 2.43. The van der Waals surface area contributed by atoms with Crippen LogP contribution < -0.4 is 4.74 Å². The molecular weight excluding hydrogens is 290 g/mol. The Bertz CT molecular complexity index is 580. The Hall–Kier alpha value is -1.95. The van der Waals surface area contributed by atoms with Crippen molar-refractivity contribution >= 4 is 29.3 Å². The molecule has 1 N–H and O–H groups in total. The first-order chi connectivity index (χ1) is 10.1. The van der Waals surface area contributed by atoms with E-state index in [9.17, 15) is 9.59 Å². The van der Waals surface area contributed by atoms with Crippen LogP contribution in [0.25, 0.3) is 5.70 Å². The van der Waals surface area contributed by atoms with Gasteiger partial charge in [0.25, 0.3) is 0 Å². The molecule has 2 rings (SSSR count). The first kappa shape index (κ1) is 15.4. The lowest BCUT2D eigenvalue weighted by Gasteiger charge is -2.30. The number of amides is 1. The highest BCUT2D eigenvalue weighted by Crippen LogP contribution is 2.37. The lowest BCUT2D eigenvalue weighted by molar-refractivity contribution is -0.141. The van der Waals surface area contributed by atoms with E-state index in [0.717, 1.165) is 22.6 Å². The molecule has 0 saturated heterocycles. The van der Waals surface area contributed by atoms with Crippen LogP contribution in [-0.2, 0) is 9.59 Å². The van der Waals surface area contributed by atoms with Crippen LogP contribution in [0.3, 0.4) is 0 Å². The van der Waals surface area contributed by atoms with Gasteiger partial charge < -0.3 is 9.84 Å². The number of hydrogen-bond donors (Lipinski definition) is 1. The average molecular weight is 307 g/mol. The van der Waals surface area contributed by atoms with Crippen molar-refractivity contribution in [2.24, 2.45) is 0 Å². The summed E-state index contributed by atoms with van der Waals surface area (Å²) in [6, 6.07) is 7.30. The first-order valence-electron chi connectivity index (χ1n) is 6.59. The molecule has 112 valence electrons. The van der Waals surface area contributed by atoms with E-state index in [1.165, 1.54) is 16.7 Å². The summed E-state index contributed by atoms with van der Waals surface area (Å²) in [5.41, 5.74) is 1.53. The van der Waals surface area contributed by atoms with Gasteiger partial charge in [0.1, 0.15) is 12.3 Å². The summed E-state index contributed by atoms with van der Waals surface area (Å²) < 4.78 is 5.13. The van der Waals surface area contributed by atoms with E-state index in [1.54, 1.807) is 19.2 Å². The number of carboxylic acid groups (broad SMARTS) is 1. The van der Waals surface area contributed by atoms with Crippen LogP contribution in [-0.4, -0.2) is 41.3 Å². The van der Waals surface area contributed by atoms with E-state index in [4.69, 9.17) is 9.84 Å². The molecule has 1 aliphatic rings. The highest BCUT2D eigenvalue weighted by Gasteiger charge is 2.29. The minimum atomic E-state index is -1.02. The number of ether oxygens (including phenoxy) is 1. The Morgan fingerprint density at radius 3 is 2.57 bits per heavy atom. The quantitative estimate of drug-likeness (QED) is 0.905. The predicted molar refractivity (Wildman–Crippen MR) is 82.0 cm³/mol. The fourth-order valence-corrected chi connectivity index (χ4v) is 3.23. The third-order valence-corrected chi connectivity index (χ3v) is 4.40. The molecule has 1 aromatic rings. The Labute approximate surface area is 127 Å². The lowest BCUT2D eigenvalue weighted by atomic mass is 10.1. The average Bonchev–Trinajstić information content (AvgIpc) is 2.49. The third kappa shape index (κ3) is 3.39. The molecule has 1 heterocycles. The maximum atomic E-state index is 12.1. The summed E-state index contributed by atoms with van der Waals surface area (Å²) in [4.78, 5) is 25.5. The second-order valence-electron chi connectivity index (χ2n) is 4.52. The number of aliphatic carboxylic acids is 1. The monoisotopic (exact) mass is 307 g/mol. The van der Waals surface area contributed by atoms with Crippen LogP contribution in [0.4, 0.5) is 0 Å². The number of thioether (sulfide) groups is 1. The maximum absolute atomic E-state index is 12.1. The molecule has 21 heavy (non-hydrogen) atoms. The van der Waals surface area contributed by atoms with Gasteiger partial charge in [-0.1, -0.05) is 6.92 Å². The van der Waals surface area contributed by atoms with Crippen molar-refractivity contribution in [1.29, 1.82) is 0 Å². The summed E-state index contributed by atoms with van der Waals surface area (Å²) in [6.45, 7) is 1.69. The van der Waals surface area contributed by atoms with Crippen molar-refractivity contribution in [3.05, 3.63) is 34.7 Å². The standard InChI is InChI=1S/C15H17NO4S/c1-3-12-15(10-4-6-11(20-2)7-5-10)16(8-14(18)19)13(17)9-21-12/h4-7H,3,8-9H2,1-2H3,(H,18,19). The summed E-state index contributed by atoms with van der Waals surface area (Å²) in [5, 5.41) is 9.05. The number of carboxylic acids is 1. The number of methoxy groups -OCH3 is 1. The summed E-state index contributed by atoms with van der Waals surface area (Å²) >= 11 is 1.48. The van der Waals surface area contributed by atoms with E-state index < -0.39 is 5.97 Å². The molecule has 0 radical (unpaired) electrons. The molecule has 6 heteroatoms. The molecular formula is C15H17NO4S. The Balaban J connectivity index is 2.46. The normalized spacial score (nSPS) is 15.3. The van der Waals surface area contributed by atoms with E-state index in [0.29, 0.717) is 5.70 Å². The number of nitrogens with zero attached hydrogens (tertiary/aromatic N) is 1. The van der Waals surface area contributed by atoms with Crippen molar-refractivity contribution in [3.63, 3.8) is 0 Å². The zero-order chi connectivity index (χ0) is 15.4. The minimum absolute atomic E-state index is 0.176. The number of allylic oxidation sites excluding steroid dienone is 1. The van der Waals surface area contributed by atoms with Gasteiger partial charge in [-0.25, -0.2) is 0 Å². The fourth-order valence-electron chi connectivity index (χ4n) is 2.21. The van der Waals surface area contributed by atoms with Crippen molar-refractivity contribution in [1.82, 2.24) is 4.90 Å².